The van der Waals surface area contributed by atoms with Crippen LogP contribution in [0.3, 0.4) is 0 Å². The fourth-order valence-electron chi connectivity index (χ4n) is 3.13. The van der Waals surface area contributed by atoms with E-state index in [1.54, 1.807) is 0 Å². The summed E-state index contributed by atoms with van der Waals surface area (Å²) in [5.41, 5.74) is 0.446. The van der Waals surface area contributed by atoms with Gasteiger partial charge in [-0.05, 0) is 36.9 Å². The van der Waals surface area contributed by atoms with Crippen LogP contribution in [0.25, 0.3) is 11.2 Å². The summed E-state index contributed by atoms with van der Waals surface area (Å²) in [5, 5.41) is 2.90. The van der Waals surface area contributed by atoms with Crippen molar-refractivity contribution in [1.29, 1.82) is 0 Å². The number of hydrogen-bond acceptors (Lipinski definition) is 4. The van der Waals surface area contributed by atoms with Gasteiger partial charge in [0, 0.05) is 20.1 Å². The van der Waals surface area contributed by atoms with Gasteiger partial charge >= 0.3 is 5.69 Å². The van der Waals surface area contributed by atoms with Crippen molar-refractivity contribution in [3.8, 4) is 0 Å². The van der Waals surface area contributed by atoms with Crippen LogP contribution in [0.4, 0.5) is 0 Å². The van der Waals surface area contributed by atoms with Gasteiger partial charge in [-0.2, -0.15) is 4.98 Å². The third kappa shape index (κ3) is 3.87. The standard InChI is InChI=1S/C19H22ClN5O3/c1-12(9-10-13-7-5-4-6-8-13)21-14(26)11-25-15-16(22-18(25)20)23(2)19(28)24(3)17(15)27/h4-8,12H,9-11H2,1-3H3,(H,21,26). The quantitative estimate of drug-likeness (QED) is 0.626. The highest BCUT2D eigenvalue weighted by Crippen LogP contribution is 2.15. The number of aromatic nitrogens is 4. The Morgan fingerprint density at radius 1 is 1.18 bits per heavy atom. The average Bonchev–Trinajstić information content (AvgIpc) is 3.00. The van der Waals surface area contributed by atoms with Crippen molar-refractivity contribution in [2.75, 3.05) is 0 Å². The summed E-state index contributed by atoms with van der Waals surface area (Å²) in [6.45, 7) is 1.77. The van der Waals surface area contributed by atoms with E-state index in [9.17, 15) is 14.4 Å². The number of fused-ring (bicyclic) bond motifs is 1. The van der Waals surface area contributed by atoms with E-state index in [0.717, 1.165) is 17.4 Å². The van der Waals surface area contributed by atoms with Crippen LogP contribution in [0.2, 0.25) is 5.28 Å². The lowest BCUT2D eigenvalue weighted by Crippen LogP contribution is -2.39. The number of amides is 1. The summed E-state index contributed by atoms with van der Waals surface area (Å²) in [6, 6.07) is 9.98. The number of halogens is 1. The molecule has 0 aliphatic carbocycles. The van der Waals surface area contributed by atoms with Gasteiger partial charge < -0.3 is 5.32 Å². The number of aryl methyl sites for hydroxylation is 2. The highest BCUT2D eigenvalue weighted by atomic mass is 35.5. The SMILES string of the molecule is CC(CCc1ccccc1)NC(=O)Cn1c(Cl)nc2c1c(=O)n(C)c(=O)n2C. The first kappa shape index (κ1) is 19.9. The zero-order chi connectivity index (χ0) is 20.4. The highest BCUT2D eigenvalue weighted by molar-refractivity contribution is 6.29. The number of nitrogens with one attached hydrogen (secondary N) is 1. The molecule has 0 aliphatic heterocycles. The zero-order valence-corrected chi connectivity index (χ0v) is 16.7. The molecule has 8 nitrogen and oxygen atoms in total. The summed E-state index contributed by atoms with van der Waals surface area (Å²) in [5.74, 6) is -0.280. The van der Waals surface area contributed by atoms with Crippen molar-refractivity contribution >= 4 is 28.7 Å². The maximum Gasteiger partial charge on any atom is 0.332 e. The van der Waals surface area contributed by atoms with Crippen LogP contribution in [-0.2, 0) is 31.9 Å². The molecule has 0 radical (unpaired) electrons. The second-order valence-corrected chi connectivity index (χ2v) is 7.18. The molecule has 1 atom stereocenters. The maximum absolute atomic E-state index is 12.5. The van der Waals surface area contributed by atoms with Crippen molar-refractivity contribution in [3.63, 3.8) is 0 Å². The molecule has 1 aromatic carbocycles. The van der Waals surface area contributed by atoms with Gasteiger partial charge in [-0.1, -0.05) is 30.3 Å². The molecule has 0 spiro atoms. The topological polar surface area (TPSA) is 90.9 Å². The molecule has 2 heterocycles. The Balaban J connectivity index is 1.75. The van der Waals surface area contributed by atoms with Gasteiger partial charge in [-0.3, -0.25) is 23.3 Å². The van der Waals surface area contributed by atoms with E-state index in [1.165, 1.54) is 28.8 Å². The molecular weight excluding hydrogens is 382 g/mol. The first-order chi connectivity index (χ1) is 13.3. The van der Waals surface area contributed by atoms with E-state index in [-0.39, 0.29) is 34.9 Å². The second kappa shape index (κ2) is 8.02. The summed E-state index contributed by atoms with van der Waals surface area (Å²) in [4.78, 5) is 41.1. The molecule has 148 valence electrons. The summed E-state index contributed by atoms with van der Waals surface area (Å²) < 4.78 is 3.54. The number of nitrogens with zero attached hydrogens (tertiary/aromatic N) is 4. The third-order valence-electron chi connectivity index (χ3n) is 4.72. The third-order valence-corrected chi connectivity index (χ3v) is 5.01. The Kier molecular flexibility index (Phi) is 5.69. The predicted molar refractivity (Wildman–Crippen MR) is 108 cm³/mol. The lowest BCUT2D eigenvalue weighted by atomic mass is 10.1. The van der Waals surface area contributed by atoms with Gasteiger partial charge in [0.15, 0.2) is 11.2 Å². The fraction of sp³-hybridized carbons (Fsp3) is 0.368. The van der Waals surface area contributed by atoms with Gasteiger partial charge in [-0.25, -0.2) is 4.79 Å². The van der Waals surface area contributed by atoms with Crippen molar-refractivity contribution in [3.05, 3.63) is 62.0 Å². The van der Waals surface area contributed by atoms with E-state index in [2.05, 4.69) is 10.3 Å². The molecule has 28 heavy (non-hydrogen) atoms. The number of benzene rings is 1. The minimum absolute atomic E-state index is 0.0135. The Morgan fingerprint density at radius 2 is 1.86 bits per heavy atom. The highest BCUT2D eigenvalue weighted by Gasteiger charge is 2.20. The Labute approximate surface area is 166 Å². The van der Waals surface area contributed by atoms with Crippen LogP contribution in [0, 0.1) is 0 Å². The Bertz CT molecular complexity index is 1130. The van der Waals surface area contributed by atoms with Crippen LogP contribution < -0.4 is 16.6 Å². The lowest BCUT2D eigenvalue weighted by molar-refractivity contribution is -0.122. The van der Waals surface area contributed by atoms with E-state index >= 15 is 0 Å². The lowest BCUT2D eigenvalue weighted by Gasteiger charge is -2.15. The molecule has 1 N–H and O–H groups in total. The van der Waals surface area contributed by atoms with Crippen LogP contribution in [-0.4, -0.2) is 30.6 Å². The van der Waals surface area contributed by atoms with E-state index < -0.39 is 11.2 Å². The molecule has 0 aliphatic rings. The molecule has 1 amide bonds. The van der Waals surface area contributed by atoms with Crippen molar-refractivity contribution in [2.45, 2.75) is 32.4 Å². The van der Waals surface area contributed by atoms with Crippen molar-refractivity contribution < 1.29 is 4.79 Å². The number of carbonyl (C=O) groups is 1. The Hall–Kier alpha value is -2.87. The smallest absolute Gasteiger partial charge is 0.332 e. The molecule has 0 saturated heterocycles. The van der Waals surface area contributed by atoms with E-state index in [4.69, 9.17) is 11.6 Å². The molecule has 0 bridgehead atoms. The number of imidazole rings is 1. The van der Waals surface area contributed by atoms with Crippen LogP contribution >= 0.6 is 11.6 Å². The number of hydrogen-bond donors (Lipinski definition) is 1. The summed E-state index contributed by atoms with van der Waals surface area (Å²) in [6.07, 6.45) is 1.63. The van der Waals surface area contributed by atoms with Gasteiger partial charge in [0.1, 0.15) is 6.54 Å². The van der Waals surface area contributed by atoms with Crippen LogP contribution in [0.15, 0.2) is 39.9 Å². The molecule has 3 rings (SSSR count). The van der Waals surface area contributed by atoms with Gasteiger partial charge in [0.05, 0.1) is 0 Å². The molecular formula is C19H22ClN5O3. The molecule has 3 aromatic rings. The molecule has 0 fully saturated rings. The first-order valence-electron chi connectivity index (χ1n) is 8.94. The zero-order valence-electron chi connectivity index (χ0n) is 16.0. The van der Waals surface area contributed by atoms with Crippen LogP contribution in [0.5, 0.6) is 0 Å². The number of rotatable bonds is 6. The van der Waals surface area contributed by atoms with Crippen LogP contribution in [0.1, 0.15) is 18.9 Å². The minimum atomic E-state index is -0.539. The first-order valence-corrected chi connectivity index (χ1v) is 9.32. The molecule has 9 heteroatoms. The van der Waals surface area contributed by atoms with Gasteiger partial charge in [-0.15, -0.1) is 0 Å². The molecule has 1 unspecified atom stereocenters. The fourth-order valence-corrected chi connectivity index (χ4v) is 3.35. The summed E-state index contributed by atoms with van der Waals surface area (Å²) in [7, 11) is 2.88. The van der Waals surface area contributed by atoms with Gasteiger partial charge in [0.25, 0.3) is 5.56 Å². The second-order valence-electron chi connectivity index (χ2n) is 6.84. The van der Waals surface area contributed by atoms with E-state index in [0.29, 0.717) is 0 Å². The average molecular weight is 404 g/mol. The van der Waals surface area contributed by atoms with E-state index in [1.807, 2.05) is 37.3 Å². The maximum atomic E-state index is 12.5. The monoisotopic (exact) mass is 403 g/mol. The molecule has 0 saturated carbocycles. The minimum Gasteiger partial charge on any atom is -0.352 e. The number of carbonyl (C=O) groups excluding carboxylic acids is 1. The normalized spacial score (nSPS) is 12.3. The molecule has 2 aromatic heterocycles. The Morgan fingerprint density at radius 3 is 2.54 bits per heavy atom. The largest absolute Gasteiger partial charge is 0.352 e. The van der Waals surface area contributed by atoms with Crippen molar-refractivity contribution in [2.24, 2.45) is 14.1 Å². The summed E-state index contributed by atoms with van der Waals surface area (Å²) >= 11 is 6.15. The van der Waals surface area contributed by atoms with Gasteiger partial charge in [0.2, 0.25) is 11.2 Å². The van der Waals surface area contributed by atoms with Crippen molar-refractivity contribution in [1.82, 2.24) is 24.0 Å². The predicted octanol–water partition coefficient (Wildman–Crippen LogP) is 1.22.